The van der Waals surface area contributed by atoms with Crippen molar-refractivity contribution >= 4 is 45.7 Å². The highest BCUT2D eigenvalue weighted by molar-refractivity contribution is 8.01. The lowest BCUT2D eigenvalue weighted by molar-refractivity contribution is -0.131. The second-order valence-electron chi connectivity index (χ2n) is 5.75. The number of nitrogens with zero attached hydrogens (tertiary/aromatic N) is 3. The summed E-state index contributed by atoms with van der Waals surface area (Å²) in [6.45, 7) is 3.20. The van der Waals surface area contributed by atoms with E-state index in [1.165, 1.54) is 28.0 Å². The summed E-state index contributed by atoms with van der Waals surface area (Å²) in [7, 11) is 3.24. The summed E-state index contributed by atoms with van der Waals surface area (Å²) in [5.41, 5.74) is 1.83. The number of carbonyl (C=O) groups excluding carboxylic acids is 2. The third kappa shape index (κ3) is 7.53. The molecule has 1 aromatic carbocycles. The van der Waals surface area contributed by atoms with Crippen LogP contribution in [0.3, 0.4) is 0 Å². The Morgan fingerprint density at radius 3 is 2.70 bits per heavy atom. The molecule has 0 atom stereocenters. The molecule has 1 aromatic heterocycles. The number of carbonyl (C=O) groups is 2. The largest absolute Gasteiger partial charge is 0.383 e. The number of amides is 2. The lowest BCUT2D eigenvalue weighted by Crippen LogP contribution is -2.35. The number of aromatic nitrogens is 2. The smallest absolute Gasteiger partial charge is 0.243 e. The predicted octanol–water partition coefficient (Wildman–Crippen LogP) is 2.09. The molecule has 10 heteroatoms. The Labute approximate surface area is 166 Å². The Kier molecular flexibility index (Phi) is 8.49. The van der Waals surface area contributed by atoms with E-state index in [0.29, 0.717) is 28.3 Å². The number of hydrogen-bond acceptors (Lipinski definition) is 8. The van der Waals surface area contributed by atoms with Crippen LogP contribution in [0.2, 0.25) is 0 Å². The van der Waals surface area contributed by atoms with Gasteiger partial charge in [0.2, 0.25) is 16.9 Å². The van der Waals surface area contributed by atoms with Gasteiger partial charge in [-0.3, -0.25) is 9.59 Å². The van der Waals surface area contributed by atoms with Crippen molar-refractivity contribution in [2.24, 2.45) is 0 Å². The van der Waals surface area contributed by atoms with Crippen molar-refractivity contribution in [3.8, 4) is 0 Å². The van der Waals surface area contributed by atoms with Gasteiger partial charge < -0.3 is 20.3 Å². The van der Waals surface area contributed by atoms with E-state index in [1.807, 2.05) is 31.2 Å². The zero-order valence-corrected chi connectivity index (χ0v) is 17.2. The second-order valence-corrected chi connectivity index (χ2v) is 7.95. The summed E-state index contributed by atoms with van der Waals surface area (Å²) >= 11 is 2.68. The summed E-state index contributed by atoms with van der Waals surface area (Å²) in [6.07, 6.45) is 0. The average Bonchev–Trinajstić information content (AvgIpc) is 3.09. The highest BCUT2D eigenvalue weighted by Gasteiger charge is 2.15. The van der Waals surface area contributed by atoms with E-state index >= 15 is 0 Å². The molecule has 0 aliphatic carbocycles. The number of hydrogen-bond donors (Lipinski definition) is 2. The molecule has 0 saturated carbocycles. The third-order valence-corrected chi connectivity index (χ3v) is 5.45. The van der Waals surface area contributed by atoms with Crippen LogP contribution in [0.25, 0.3) is 0 Å². The molecule has 0 spiro atoms. The summed E-state index contributed by atoms with van der Waals surface area (Å²) in [5.74, 6) is -0.190. The van der Waals surface area contributed by atoms with Crippen LogP contribution in [0.15, 0.2) is 28.6 Å². The molecule has 0 fully saturated rings. The van der Waals surface area contributed by atoms with Crippen LogP contribution < -0.4 is 10.6 Å². The Morgan fingerprint density at radius 1 is 1.26 bits per heavy atom. The van der Waals surface area contributed by atoms with Gasteiger partial charge in [0.15, 0.2) is 4.34 Å². The number of thioether (sulfide) groups is 1. The van der Waals surface area contributed by atoms with Gasteiger partial charge in [0.25, 0.3) is 0 Å². The van der Waals surface area contributed by atoms with E-state index in [9.17, 15) is 9.59 Å². The van der Waals surface area contributed by atoms with Crippen molar-refractivity contribution in [3.05, 3.63) is 29.8 Å². The number of rotatable bonds is 10. The fourth-order valence-electron chi connectivity index (χ4n) is 1.97. The molecule has 0 radical (unpaired) electrons. The second kappa shape index (κ2) is 10.9. The van der Waals surface area contributed by atoms with Crippen LogP contribution in [0.4, 0.5) is 10.8 Å². The third-order valence-electron chi connectivity index (χ3n) is 3.45. The number of benzene rings is 1. The number of methoxy groups -OCH3 is 1. The molecule has 2 amide bonds. The van der Waals surface area contributed by atoms with Crippen LogP contribution in [-0.2, 0) is 14.3 Å². The number of likely N-dealkylation sites (N-methyl/N-ethyl adjacent to an activating group) is 1. The van der Waals surface area contributed by atoms with Gasteiger partial charge in [0.05, 0.1) is 18.9 Å². The maximum Gasteiger partial charge on any atom is 0.243 e. The standard InChI is InChI=1S/C17H23N5O3S2/c1-12-4-6-13(7-5-12)19-14(23)10-22(2)15(24)11-26-17-21-20-16(27-17)18-8-9-25-3/h4-7H,8-11H2,1-3H3,(H,18,20)(H,19,23). The minimum absolute atomic E-state index is 0.00673. The zero-order chi connectivity index (χ0) is 19.6. The van der Waals surface area contributed by atoms with Gasteiger partial charge in [-0.1, -0.05) is 40.8 Å². The van der Waals surface area contributed by atoms with Gasteiger partial charge in [0, 0.05) is 26.4 Å². The fourth-order valence-corrected chi connectivity index (χ4v) is 3.69. The summed E-state index contributed by atoms with van der Waals surface area (Å²) in [6, 6.07) is 7.50. The first-order valence-corrected chi connectivity index (χ1v) is 10.1. The maximum absolute atomic E-state index is 12.2. The van der Waals surface area contributed by atoms with E-state index in [-0.39, 0.29) is 24.1 Å². The highest BCUT2D eigenvalue weighted by Crippen LogP contribution is 2.25. The fraction of sp³-hybridized carbons (Fsp3) is 0.412. The van der Waals surface area contributed by atoms with Crippen LogP contribution in [0.1, 0.15) is 5.56 Å². The minimum Gasteiger partial charge on any atom is -0.383 e. The summed E-state index contributed by atoms with van der Waals surface area (Å²) < 4.78 is 5.65. The number of aryl methyl sites for hydroxylation is 1. The highest BCUT2D eigenvalue weighted by atomic mass is 32.2. The Bertz CT molecular complexity index is 751. The molecule has 1 heterocycles. The molecular formula is C17H23N5O3S2. The lowest BCUT2D eigenvalue weighted by atomic mass is 10.2. The van der Waals surface area contributed by atoms with Gasteiger partial charge in [-0.2, -0.15) is 0 Å². The van der Waals surface area contributed by atoms with E-state index < -0.39 is 0 Å². The van der Waals surface area contributed by atoms with Crippen LogP contribution in [0, 0.1) is 6.92 Å². The molecule has 0 aliphatic rings. The van der Waals surface area contributed by atoms with E-state index in [1.54, 1.807) is 14.2 Å². The minimum atomic E-state index is -0.236. The molecule has 8 nitrogen and oxygen atoms in total. The maximum atomic E-state index is 12.2. The van der Waals surface area contributed by atoms with Gasteiger partial charge in [-0.05, 0) is 19.1 Å². The normalized spacial score (nSPS) is 10.5. The molecule has 27 heavy (non-hydrogen) atoms. The number of nitrogens with one attached hydrogen (secondary N) is 2. The van der Waals surface area contributed by atoms with Crippen LogP contribution in [-0.4, -0.2) is 66.5 Å². The first-order valence-electron chi connectivity index (χ1n) is 8.27. The van der Waals surface area contributed by atoms with E-state index in [4.69, 9.17) is 4.74 Å². The Morgan fingerprint density at radius 2 is 2.00 bits per heavy atom. The average molecular weight is 410 g/mol. The Hall–Kier alpha value is -2.17. The van der Waals surface area contributed by atoms with Crippen LogP contribution >= 0.6 is 23.1 Å². The monoisotopic (exact) mass is 409 g/mol. The van der Waals surface area contributed by atoms with E-state index in [2.05, 4.69) is 20.8 Å². The van der Waals surface area contributed by atoms with Gasteiger partial charge in [0.1, 0.15) is 0 Å². The SMILES string of the molecule is COCCNc1nnc(SCC(=O)N(C)CC(=O)Nc2ccc(C)cc2)s1. The molecule has 2 rings (SSSR count). The van der Waals surface area contributed by atoms with Crippen LogP contribution in [0.5, 0.6) is 0 Å². The topological polar surface area (TPSA) is 96.4 Å². The summed E-state index contributed by atoms with van der Waals surface area (Å²) in [4.78, 5) is 25.7. The van der Waals surface area contributed by atoms with Gasteiger partial charge in [-0.15, -0.1) is 10.2 Å². The molecular weight excluding hydrogens is 386 g/mol. The van der Waals surface area contributed by atoms with Gasteiger partial charge in [-0.25, -0.2) is 0 Å². The molecule has 0 aliphatic heterocycles. The van der Waals surface area contributed by atoms with Crippen molar-refractivity contribution in [2.45, 2.75) is 11.3 Å². The van der Waals surface area contributed by atoms with Crippen molar-refractivity contribution in [1.82, 2.24) is 15.1 Å². The molecule has 0 bridgehead atoms. The van der Waals surface area contributed by atoms with Gasteiger partial charge >= 0.3 is 0 Å². The van der Waals surface area contributed by atoms with Crippen molar-refractivity contribution in [3.63, 3.8) is 0 Å². The molecule has 2 N–H and O–H groups in total. The number of anilines is 2. The molecule has 2 aromatic rings. The van der Waals surface area contributed by atoms with E-state index in [0.717, 1.165) is 5.56 Å². The molecule has 0 saturated heterocycles. The van der Waals surface area contributed by atoms with Crippen molar-refractivity contribution in [1.29, 1.82) is 0 Å². The quantitative estimate of drug-likeness (QED) is 0.458. The number of ether oxygens (including phenoxy) is 1. The predicted molar refractivity (Wildman–Crippen MR) is 108 cm³/mol. The Balaban J connectivity index is 1.73. The lowest BCUT2D eigenvalue weighted by Gasteiger charge is -2.16. The summed E-state index contributed by atoms with van der Waals surface area (Å²) in [5, 5.41) is 14.6. The molecule has 146 valence electrons. The molecule has 0 unspecified atom stereocenters. The van der Waals surface area contributed by atoms with Crippen molar-refractivity contribution in [2.75, 3.05) is 50.2 Å². The first-order chi connectivity index (χ1) is 13.0. The zero-order valence-electron chi connectivity index (χ0n) is 15.5. The van der Waals surface area contributed by atoms with Crippen molar-refractivity contribution < 1.29 is 14.3 Å². The first kappa shape index (κ1) is 21.1.